The summed E-state index contributed by atoms with van der Waals surface area (Å²) in [5.41, 5.74) is 4.66. The average molecular weight is 389 g/mol. The van der Waals surface area contributed by atoms with Gasteiger partial charge in [0.15, 0.2) is 0 Å². The van der Waals surface area contributed by atoms with Crippen molar-refractivity contribution in [3.8, 4) is 5.75 Å². The Bertz CT molecular complexity index is 753. The van der Waals surface area contributed by atoms with Crippen molar-refractivity contribution in [1.82, 2.24) is 4.90 Å². The van der Waals surface area contributed by atoms with Gasteiger partial charge in [0.05, 0.1) is 0 Å². The lowest BCUT2D eigenvalue weighted by molar-refractivity contribution is 0.0658. The van der Waals surface area contributed by atoms with E-state index in [0.717, 1.165) is 48.1 Å². The Hall–Kier alpha value is -1.75. The number of β-amino-alcohol motifs (C(OH)–C–C–N with tert-alkyl or cyclic N) is 1. The molecule has 1 saturated heterocycles. The molecule has 1 atom stereocenters. The number of aliphatic hydroxyl groups is 1. The second-order valence-electron chi connectivity index (χ2n) is 7.40. The molecule has 1 aliphatic heterocycles. The van der Waals surface area contributed by atoms with E-state index in [0.29, 0.717) is 13.2 Å². The van der Waals surface area contributed by atoms with Crippen LogP contribution >= 0.6 is 11.6 Å². The SMILES string of the molecule is Cc1ccc(Cl)cc1N1CCN(C[C@H](O)COc2c(C)cccc2C)CC1. The average Bonchev–Trinajstić information content (AvgIpc) is 2.64. The van der Waals surface area contributed by atoms with Crippen molar-refractivity contribution < 1.29 is 9.84 Å². The minimum Gasteiger partial charge on any atom is -0.490 e. The highest BCUT2D eigenvalue weighted by Gasteiger charge is 2.21. The van der Waals surface area contributed by atoms with Crippen LogP contribution in [0.15, 0.2) is 36.4 Å². The molecule has 0 unspecified atom stereocenters. The molecular formula is C22H29ClN2O2. The molecule has 1 N–H and O–H groups in total. The van der Waals surface area contributed by atoms with Gasteiger partial charge in [0, 0.05) is 43.4 Å². The number of halogens is 1. The summed E-state index contributed by atoms with van der Waals surface area (Å²) in [6.45, 7) is 10.9. The lowest BCUT2D eigenvalue weighted by atomic mass is 10.1. The molecule has 146 valence electrons. The van der Waals surface area contributed by atoms with Crippen molar-refractivity contribution in [3.63, 3.8) is 0 Å². The van der Waals surface area contributed by atoms with Gasteiger partial charge in [0.25, 0.3) is 0 Å². The van der Waals surface area contributed by atoms with Crippen LogP contribution in [0.1, 0.15) is 16.7 Å². The van der Waals surface area contributed by atoms with Gasteiger partial charge >= 0.3 is 0 Å². The van der Waals surface area contributed by atoms with Crippen LogP contribution in [-0.2, 0) is 0 Å². The molecule has 2 aromatic rings. The van der Waals surface area contributed by atoms with Crippen LogP contribution in [0, 0.1) is 20.8 Å². The molecule has 0 aliphatic carbocycles. The smallest absolute Gasteiger partial charge is 0.125 e. The van der Waals surface area contributed by atoms with Gasteiger partial charge < -0.3 is 14.7 Å². The van der Waals surface area contributed by atoms with E-state index in [-0.39, 0.29) is 0 Å². The number of hydrogen-bond donors (Lipinski definition) is 1. The molecule has 1 fully saturated rings. The fourth-order valence-corrected chi connectivity index (χ4v) is 3.82. The summed E-state index contributed by atoms with van der Waals surface area (Å²) in [6, 6.07) is 12.1. The lowest BCUT2D eigenvalue weighted by Crippen LogP contribution is -2.49. The van der Waals surface area contributed by atoms with E-state index in [2.05, 4.69) is 22.8 Å². The molecule has 27 heavy (non-hydrogen) atoms. The molecule has 5 heteroatoms. The van der Waals surface area contributed by atoms with Crippen molar-refractivity contribution in [1.29, 1.82) is 0 Å². The molecule has 3 rings (SSSR count). The standard InChI is InChI=1S/C22H29ClN2O2/c1-16-7-8-19(23)13-21(16)25-11-9-24(10-12-25)14-20(26)15-27-22-17(2)5-4-6-18(22)3/h4-8,13,20,26H,9-12,14-15H2,1-3H3/t20-/m0/s1. The maximum Gasteiger partial charge on any atom is 0.125 e. The molecule has 0 aromatic heterocycles. The molecular weight excluding hydrogens is 360 g/mol. The van der Waals surface area contributed by atoms with E-state index in [9.17, 15) is 5.11 Å². The van der Waals surface area contributed by atoms with Gasteiger partial charge in [-0.05, 0) is 49.6 Å². The summed E-state index contributed by atoms with van der Waals surface area (Å²) in [7, 11) is 0. The summed E-state index contributed by atoms with van der Waals surface area (Å²) in [5.74, 6) is 0.887. The van der Waals surface area contributed by atoms with Crippen LogP contribution < -0.4 is 9.64 Å². The zero-order chi connectivity index (χ0) is 19.4. The highest BCUT2D eigenvalue weighted by Crippen LogP contribution is 2.25. The fourth-order valence-electron chi connectivity index (χ4n) is 3.65. The topological polar surface area (TPSA) is 35.9 Å². The van der Waals surface area contributed by atoms with Crippen LogP contribution in [0.5, 0.6) is 5.75 Å². The number of para-hydroxylation sites is 1. The summed E-state index contributed by atoms with van der Waals surface area (Å²) >= 11 is 6.16. The van der Waals surface area contributed by atoms with Gasteiger partial charge in [-0.25, -0.2) is 0 Å². The number of ether oxygens (including phenoxy) is 1. The highest BCUT2D eigenvalue weighted by molar-refractivity contribution is 6.30. The Morgan fingerprint density at radius 3 is 2.33 bits per heavy atom. The second-order valence-corrected chi connectivity index (χ2v) is 7.84. The zero-order valence-electron chi connectivity index (χ0n) is 16.4. The van der Waals surface area contributed by atoms with E-state index < -0.39 is 6.10 Å². The summed E-state index contributed by atoms with van der Waals surface area (Å²) in [4.78, 5) is 4.67. The Morgan fingerprint density at radius 1 is 1.00 bits per heavy atom. The number of rotatable bonds is 6. The van der Waals surface area contributed by atoms with Crippen molar-refractivity contribution in [2.75, 3.05) is 44.2 Å². The first kappa shape index (κ1) is 20.0. The van der Waals surface area contributed by atoms with Crippen molar-refractivity contribution in [2.45, 2.75) is 26.9 Å². The third-order valence-electron chi connectivity index (χ3n) is 5.18. The highest BCUT2D eigenvalue weighted by atomic mass is 35.5. The molecule has 4 nitrogen and oxygen atoms in total. The zero-order valence-corrected chi connectivity index (χ0v) is 17.2. The maximum atomic E-state index is 10.4. The number of aliphatic hydroxyl groups excluding tert-OH is 1. The molecule has 2 aromatic carbocycles. The van der Waals surface area contributed by atoms with Crippen molar-refractivity contribution >= 4 is 17.3 Å². The van der Waals surface area contributed by atoms with Crippen molar-refractivity contribution in [3.05, 3.63) is 58.1 Å². The van der Waals surface area contributed by atoms with Crippen LogP contribution in [0.25, 0.3) is 0 Å². The third kappa shape index (κ3) is 5.16. The third-order valence-corrected chi connectivity index (χ3v) is 5.42. The molecule has 0 radical (unpaired) electrons. The Balaban J connectivity index is 1.48. The Kier molecular flexibility index (Phi) is 6.64. The largest absolute Gasteiger partial charge is 0.490 e. The van der Waals surface area contributed by atoms with Crippen LogP contribution in [0.2, 0.25) is 5.02 Å². The monoisotopic (exact) mass is 388 g/mol. The first-order chi connectivity index (χ1) is 12.9. The van der Waals surface area contributed by atoms with E-state index in [4.69, 9.17) is 16.3 Å². The summed E-state index contributed by atoms with van der Waals surface area (Å²) in [6.07, 6.45) is -0.497. The van der Waals surface area contributed by atoms with Gasteiger partial charge in [-0.1, -0.05) is 35.9 Å². The summed E-state index contributed by atoms with van der Waals surface area (Å²) < 4.78 is 5.89. The number of benzene rings is 2. The Morgan fingerprint density at radius 2 is 1.67 bits per heavy atom. The number of aryl methyl sites for hydroxylation is 3. The van der Waals surface area contributed by atoms with Gasteiger partial charge in [0.1, 0.15) is 18.5 Å². The van der Waals surface area contributed by atoms with Gasteiger partial charge in [0.2, 0.25) is 0 Å². The van der Waals surface area contributed by atoms with Gasteiger partial charge in [-0.3, -0.25) is 4.90 Å². The molecule has 1 aliphatic rings. The molecule has 0 bridgehead atoms. The van der Waals surface area contributed by atoms with Crippen LogP contribution in [0.3, 0.4) is 0 Å². The second kappa shape index (κ2) is 8.96. The quantitative estimate of drug-likeness (QED) is 0.815. The minimum absolute atomic E-state index is 0.319. The van der Waals surface area contributed by atoms with Crippen molar-refractivity contribution in [2.24, 2.45) is 0 Å². The normalized spacial score (nSPS) is 16.4. The first-order valence-corrected chi connectivity index (χ1v) is 9.92. The fraction of sp³-hybridized carbons (Fsp3) is 0.455. The minimum atomic E-state index is -0.497. The predicted octanol–water partition coefficient (Wildman–Crippen LogP) is 3.83. The molecule has 1 heterocycles. The number of nitrogens with zero attached hydrogens (tertiary/aromatic N) is 2. The lowest BCUT2D eigenvalue weighted by Gasteiger charge is -2.37. The van der Waals surface area contributed by atoms with E-state index in [1.807, 2.05) is 44.2 Å². The first-order valence-electron chi connectivity index (χ1n) is 9.54. The number of hydrogen-bond acceptors (Lipinski definition) is 4. The number of anilines is 1. The van der Waals surface area contributed by atoms with Crippen LogP contribution in [-0.4, -0.2) is 55.4 Å². The van der Waals surface area contributed by atoms with Gasteiger partial charge in [-0.15, -0.1) is 0 Å². The van der Waals surface area contributed by atoms with Crippen LogP contribution in [0.4, 0.5) is 5.69 Å². The molecule has 0 amide bonds. The number of piperazine rings is 1. The van der Waals surface area contributed by atoms with Gasteiger partial charge in [-0.2, -0.15) is 0 Å². The predicted molar refractivity (Wildman–Crippen MR) is 112 cm³/mol. The molecule has 0 saturated carbocycles. The molecule has 0 spiro atoms. The van der Waals surface area contributed by atoms with E-state index in [1.54, 1.807) is 0 Å². The Labute approximate surface area is 167 Å². The summed E-state index contributed by atoms with van der Waals surface area (Å²) in [5, 5.41) is 11.2. The van der Waals surface area contributed by atoms with E-state index >= 15 is 0 Å². The van der Waals surface area contributed by atoms with E-state index in [1.165, 1.54) is 11.3 Å². The maximum absolute atomic E-state index is 10.4.